The van der Waals surface area contributed by atoms with E-state index in [1.165, 1.54) is 15.9 Å². The highest BCUT2D eigenvalue weighted by atomic mass is 31.2. The molecule has 1 nitrogen and oxygen atoms in total. The third-order valence-corrected chi connectivity index (χ3v) is 7.62. The zero-order valence-corrected chi connectivity index (χ0v) is 13.5. The van der Waals surface area contributed by atoms with Crippen LogP contribution in [0.15, 0.2) is 91.0 Å². The average Bonchev–Trinajstić information content (AvgIpc) is 2.62. The van der Waals surface area contributed by atoms with E-state index in [0.717, 1.165) is 0 Å². The molecule has 0 aliphatic rings. The van der Waals surface area contributed by atoms with Gasteiger partial charge in [0.15, 0.2) is 0 Å². The van der Waals surface area contributed by atoms with E-state index < -0.39 is 6.89 Å². The van der Waals surface area contributed by atoms with Crippen molar-refractivity contribution in [2.75, 3.05) is 7.11 Å². The number of benzene rings is 3. The molecule has 3 aromatic carbocycles. The second-order valence-electron chi connectivity index (χ2n) is 5.07. The Kier molecular flexibility index (Phi) is 4.58. The van der Waals surface area contributed by atoms with Crippen molar-refractivity contribution in [1.82, 2.24) is 0 Å². The standard InChI is InChI=1S/C20H19OP/c1-21-17-22(18-11-5-2-6-12-18,19-13-7-3-8-14-19)20-15-9-4-10-16-20/h2-17H,1H3. The lowest BCUT2D eigenvalue weighted by Crippen LogP contribution is -2.27. The van der Waals surface area contributed by atoms with Crippen LogP contribution < -0.4 is 15.9 Å². The predicted octanol–water partition coefficient (Wildman–Crippen LogP) is 3.39. The zero-order chi connectivity index (χ0) is 15.3. The quantitative estimate of drug-likeness (QED) is 0.671. The van der Waals surface area contributed by atoms with E-state index in [1.54, 1.807) is 7.11 Å². The molecule has 22 heavy (non-hydrogen) atoms. The van der Waals surface area contributed by atoms with Gasteiger partial charge in [0.2, 0.25) is 0 Å². The van der Waals surface area contributed by atoms with E-state index in [-0.39, 0.29) is 0 Å². The minimum absolute atomic E-state index is 1.30. The molecule has 0 aliphatic carbocycles. The first-order valence-corrected chi connectivity index (χ1v) is 9.16. The van der Waals surface area contributed by atoms with Gasteiger partial charge in [-0.3, -0.25) is 0 Å². The Hall–Kier alpha value is -2.08. The molecule has 0 saturated carbocycles. The van der Waals surface area contributed by atoms with E-state index in [4.69, 9.17) is 4.74 Å². The van der Waals surface area contributed by atoms with Gasteiger partial charge in [-0.05, 0) is 22.8 Å². The van der Waals surface area contributed by atoms with E-state index in [0.29, 0.717) is 0 Å². The summed E-state index contributed by atoms with van der Waals surface area (Å²) in [6.07, 6.45) is 0. The maximum atomic E-state index is 5.59. The highest BCUT2D eigenvalue weighted by Gasteiger charge is 2.24. The van der Waals surface area contributed by atoms with Gasteiger partial charge in [0.05, 0.1) is 0 Å². The van der Waals surface area contributed by atoms with Gasteiger partial charge in [-0.1, -0.05) is 91.0 Å². The van der Waals surface area contributed by atoms with Crippen molar-refractivity contribution < 1.29 is 4.74 Å². The predicted molar refractivity (Wildman–Crippen MR) is 98.2 cm³/mol. The maximum absolute atomic E-state index is 5.59. The van der Waals surface area contributed by atoms with Crippen LogP contribution in [0, 0.1) is 0 Å². The Bertz CT molecular complexity index is 661. The van der Waals surface area contributed by atoms with Gasteiger partial charge in [0, 0.05) is 13.1 Å². The first-order valence-electron chi connectivity index (χ1n) is 7.31. The second kappa shape index (κ2) is 6.79. The second-order valence-corrected chi connectivity index (χ2v) is 8.28. The van der Waals surface area contributed by atoms with Crippen LogP contribution in [0.5, 0.6) is 0 Å². The van der Waals surface area contributed by atoms with Crippen LogP contribution >= 0.6 is 6.89 Å². The average molecular weight is 306 g/mol. The lowest BCUT2D eigenvalue weighted by atomic mass is 10.4. The first kappa shape index (κ1) is 14.8. The smallest absolute Gasteiger partial charge is 0.0473 e. The van der Waals surface area contributed by atoms with Crippen LogP contribution in [0.1, 0.15) is 0 Å². The van der Waals surface area contributed by atoms with E-state index in [9.17, 15) is 0 Å². The molecule has 0 heterocycles. The molecule has 0 aromatic heterocycles. The van der Waals surface area contributed by atoms with E-state index >= 15 is 0 Å². The monoisotopic (exact) mass is 306 g/mol. The molecule has 0 radical (unpaired) electrons. The Balaban J connectivity index is 2.38. The number of rotatable bonds is 4. The molecule has 0 saturated heterocycles. The fraction of sp³-hybridized carbons (Fsp3) is 0.0500. The number of methoxy groups -OCH3 is 1. The molecule has 2 heteroatoms. The van der Waals surface area contributed by atoms with Crippen molar-refractivity contribution in [3.8, 4) is 0 Å². The SMILES string of the molecule is COC=P(c1ccccc1)(c1ccccc1)c1ccccc1. The molecule has 3 rings (SSSR count). The van der Waals surface area contributed by atoms with Crippen molar-refractivity contribution in [3.05, 3.63) is 91.0 Å². The van der Waals surface area contributed by atoms with Crippen LogP contribution in [-0.2, 0) is 4.74 Å². The molecule has 0 atom stereocenters. The largest absolute Gasteiger partial charge is 0.356 e. The highest BCUT2D eigenvalue weighted by Crippen LogP contribution is 2.43. The Labute approximate surface area is 132 Å². The third kappa shape index (κ3) is 2.66. The summed E-state index contributed by atoms with van der Waals surface area (Å²) >= 11 is 0. The van der Waals surface area contributed by atoms with E-state index in [2.05, 4.69) is 91.0 Å². The lowest BCUT2D eigenvalue weighted by molar-refractivity contribution is 0.431. The van der Waals surface area contributed by atoms with Crippen molar-refractivity contribution in [1.29, 1.82) is 0 Å². The summed E-state index contributed by atoms with van der Waals surface area (Å²) in [4.78, 5) is 0. The molecule has 0 aliphatic heterocycles. The molecule has 0 bridgehead atoms. The number of ether oxygens (including phenoxy) is 1. The summed E-state index contributed by atoms with van der Waals surface area (Å²) in [5, 5.41) is 3.90. The molecule has 0 spiro atoms. The summed E-state index contributed by atoms with van der Waals surface area (Å²) in [6.45, 7) is -1.90. The topological polar surface area (TPSA) is 9.23 Å². The van der Waals surface area contributed by atoms with Crippen LogP contribution in [-0.4, -0.2) is 13.1 Å². The van der Waals surface area contributed by atoms with Gasteiger partial charge >= 0.3 is 0 Å². The highest BCUT2D eigenvalue weighted by molar-refractivity contribution is 7.94. The Morgan fingerprint density at radius 2 is 0.909 bits per heavy atom. The summed E-state index contributed by atoms with van der Waals surface area (Å²) in [7, 11) is 1.74. The summed E-state index contributed by atoms with van der Waals surface area (Å²) in [5.74, 6) is 2.03. The fourth-order valence-corrected chi connectivity index (χ4v) is 6.28. The zero-order valence-electron chi connectivity index (χ0n) is 12.6. The Morgan fingerprint density at radius 1 is 0.591 bits per heavy atom. The molecular formula is C20H19OP. The molecule has 0 fully saturated rings. The van der Waals surface area contributed by atoms with Gasteiger partial charge in [0.25, 0.3) is 0 Å². The van der Waals surface area contributed by atoms with Gasteiger partial charge in [-0.15, -0.1) is 0 Å². The first-order chi connectivity index (χ1) is 10.9. The number of hydrogen-bond donors (Lipinski definition) is 0. The van der Waals surface area contributed by atoms with Gasteiger partial charge in [-0.2, -0.15) is 0 Å². The summed E-state index contributed by atoms with van der Waals surface area (Å²) in [6, 6.07) is 31.9. The van der Waals surface area contributed by atoms with Gasteiger partial charge in [0.1, 0.15) is 0 Å². The van der Waals surface area contributed by atoms with Crippen molar-refractivity contribution in [3.63, 3.8) is 0 Å². The molecular weight excluding hydrogens is 287 g/mol. The third-order valence-electron chi connectivity index (χ3n) is 3.75. The van der Waals surface area contributed by atoms with Crippen LogP contribution in [0.4, 0.5) is 0 Å². The number of hydrogen-bond acceptors (Lipinski definition) is 1. The van der Waals surface area contributed by atoms with Gasteiger partial charge in [-0.25, -0.2) is 0 Å². The molecule has 0 N–H and O–H groups in total. The minimum atomic E-state index is -1.90. The summed E-state index contributed by atoms with van der Waals surface area (Å²) in [5.41, 5.74) is 0. The normalized spacial score (nSPS) is 11.1. The van der Waals surface area contributed by atoms with Crippen LogP contribution in [0.25, 0.3) is 0 Å². The van der Waals surface area contributed by atoms with Crippen LogP contribution in [0.2, 0.25) is 0 Å². The van der Waals surface area contributed by atoms with Gasteiger partial charge < -0.3 is 4.74 Å². The maximum Gasteiger partial charge on any atom is 0.0473 e. The van der Waals surface area contributed by atoms with E-state index in [1.807, 2.05) is 5.98 Å². The molecule has 3 aromatic rings. The fourth-order valence-electron chi connectivity index (χ4n) is 2.78. The minimum Gasteiger partial charge on any atom is -0.356 e. The molecule has 0 amide bonds. The van der Waals surface area contributed by atoms with Crippen molar-refractivity contribution in [2.45, 2.75) is 0 Å². The van der Waals surface area contributed by atoms with Crippen LogP contribution in [0.3, 0.4) is 0 Å². The molecule has 0 unspecified atom stereocenters. The lowest BCUT2D eigenvalue weighted by Gasteiger charge is -2.27. The van der Waals surface area contributed by atoms with Crippen molar-refractivity contribution in [2.24, 2.45) is 0 Å². The Morgan fingerprint density at radius 3 is 1.18 bits per heavy atom. The molecule has 110 valence electrons. The summed E-state index contributed by atoms with van der Waals surface area (Å²) < 4.78 is 5.59. The van der Waals surface area contributed by atoms with Crippen molar-refractivity contribution >= 4 is 28.8 Å².